The number of pyridine rings is 1. The van der Waals surface area contributed by atoms with Gasteiger partial charge in [0.1, 0.15) is 0 Å². The molecule has 14 heavy (non-hydrogen) atoms. The molecule has 0 N–H and O–H groups in total. The molecule has 0 aliphatic heterocycles. The van der Waals surface area contributed by atoms with Gasteiger partial charge in [0, 0.05) is 11.8 Å². The summed E-state index contributed by atoms with van der Waals surface area (Å²) in [7, 11) is 0. The molecule has 3 nitrogen and oxygen atoms in total. The molecule has 1 fully saturated rings. The predicted octanol–water partition coefficient (Wildman–Crippen LogP) is 2.35. The lowest BCUT2D eigenvalue weighted by Crippen LogP contribution is -1.93. The molecule has 2 heterocycles. The van der Waals surface area contributed by atoms with E-state index in [0.717, 1.165) is 11.5 Å². The van der Waals surface area contributed by atoms with Crippen LogP contribution < -0.4 is 0 Å². The minimum Gasteiger partial charge on any atom is -0.285 e. The highest BCUT2D eigenvalue weighted by Gasteiger charge is 2.26. The highest BCUT2D eigenvalue weighted by molar-refractivity contribution is 6.16. The number of nitrogens with zero attached hydrogens (tertiary/aromatic N) is 3. The second-order valence-electron chi connectivity index (χ2n) is 3.68. The fourth-order valence-corrected chi connectivity index (χ4v) is 1.97. The number of aromatic nitrogens is 3. The van der Waals surface area contributed by atoms with Gasteiger partial charge in [-0.15, -0.1) is 21.8 Å². The Morgan fingerprint density at radius 3 is 3.00 bits per heavy atom. The number of rotatable bonds is 2. The average Bonchev–Trinajstić information content (AvgIpc) is 2.97. The topological polar surface area (TPSA) is 30.2 Å². The summed E-state index contributed by atoms with van der Waals surface area (Å²) < 4.78 is 1.99. The molecule has 1 aliphatic carbocycles. The molecule has 0 saturated heterocycles. The number of hydrogen-bond donors (Lipinski definition) is 0. The van der Waals surface area contributed by atoms with Crippen molar-refractivity contribution in [2.75, 3.05) is 0 Å². The molecule has 0 amide bonds. The smallest absolute Gasteiger partial charge is 0.164 e. The summed E-state index contributed by atoms with van der Waals surface area (Å²) in [6, 6.07) is 4.18. The Balaban J connectivity index is 2.26. The maximum absolute atomic E-state index is 5.77. The van der Waals surface area contributed by atoms with Crippen molar-refractivity contribution in [1.82, 2.24) is 14.6 Å². The first-order valence-corrected chi connectivity index (χ1v) is 5.32. The molecule has 72 valence electrons. The molecule has 2 aromatic rings. The van der Waals surface area contributed by atoms with Crippen molar-refractivity contribution < 1.29 is 0 Å². The first-order chi connectivity index (χ1) is 6.90. The van der Waals surface area contributed by atoms with E-state index in [1.165, 1.54) is 18.4 Å². The molecule has 3 rings (SSSR count). The summed E-state index contributed by atoms with van der Waals surface area (Å²) in [6.07, 6.45) is 4.53. The van der Waals surface area contributed by atoms with Crippen molar-refractivity contribution in [2.24, 2.45) is 0 Å². The van der Waals surface area contributed by atoms with Crippen LogP contribution in [0.1, 0.15) is 30.1 Å². The maximum atomic E-state index is 5.77. The zero-order valence-electron chi connectivity index (χ0n) is 7.65. The Hall–Kier alpha value is -1.09. The van der Waals surface area contributed by atoms with Crippen LogP contribution in [0, 0.1) is 0 Å². The molecule has 0 bridgehead atoms. The molecule has 0 unspecified atom stereocenters. The van der Waals surface area contributed by atoms with Gasteiger partial charge < -0.3 is 0 Å². The Morgan fingerprint density at radius 2 is 2.29 bits per heavy atom. The van der Waals surface area contributed by atoms with Crippen LogP contribution in [0.4, 0.5) is 0 Å². The van der Waals surface area contributed by atoms with Gasteiger partial charge in [0.2, 0.25) is 0 Å². The van der Waals surface area contributed by atoms with Gasteiger partial charge in [-0.05, 0) is 24.8 Å². The Morgan fingerprint density at radius 1 is 1.43 bits per heavy atom. The van der Waals surface area contributed by atoms with E-state index >= 15 is 0 Å². The van der Waals surface area contributed by atoms with E-state index in [0.29, 0.717) is 11.8 Å². The fraction of sp³-hybridized carbons (Fsp3) is 0.400. The third-order valence-corrected chi connectivity index (χ3v) is 2.91. The van der Waals surface area contributed by atoms with E-state index < -0.39 is 0 Å². The average molecular weight is 208 g/mol. The van der Waals surface area contributed by atoms with E-state index in [1.807, 2.05) is 16.7 Å². The van der Waals surface area contributed by atoms with Crippen molar-refractivity contribution in [3.8, 4) is 0 Å². The summed E-state index contributed by atoms with van der Waals surface area (Å²) in [5.41, 5.74) is 2.29. The lowest BCUT2D eigenvalue weighted by atomic mass is 10.2. The molecule has 0 aromatic carbocycles. The van der Waals surface area contributed by atoms with Crippen LogP contribution in [0.15, 0.2) is 18.3 Å². The second kappa shape index (κ2) is 2.95. The van der Waals surface area contributed by atoms with Gasteiger partial charge in [0.05, 0.1) is 5.88 Å². The monoisotopic (exact) mass is 207 g/mol. The van der Waals surface area contributed by atoms with Gasteiger partial charge in [-0.1, -0.05) is 6.07 Å². The van der Waals surface area contributed by atoms with Crippen LogP contribution in [-0.4, -0.2) is 14.6 Å². The van der Waals surface area contributed by atoms with Crippen molar-refractivity contribution in [2.45, 2.75) is 24.6 Å². The Bertz CT molecular complexity index is 473. The maximum Gasteiger partial charge on any atom is 0.164 e. The van der Waals surface area contributed by atoms with E-state index in [2.05, 4.69) is 16.3 Å². The predicted molar refractivity (Wildman–Crippen MR) is 54.5 cm³/mol. The zero-order chi connectivity index (χ0) is 9.54. The van der Waals surface area contributed by atoms with E-state index in [-0.39, 0.29) is 0 Å². The van der Waals surface area contributed by atoms with Gasteiger partial charge in [-0.2, -0.15) is 0 Å². The van der Waals surface area contributed by atoms with Crippen LogP contribution in [0.25, 0.3) is 5.65 Å². The van der Waals surface area contributed by atoms with E-state index in [4.69, 9.17) is 11.6 Å². The largest absolute Gasteiger partial charge is 0.285 e. The third-order valence-electron chi connectivity index (χ3n) is 2.67. The summed E-state index contributed by atoms with van der Waals surface area (Å²) in [6.45, 7) is 0. The van der Waals surface area contributed by atoms with Gasteiger partial charge in [0.15, 0.2) is 11.5 Å². The highest BCUT2D eigenvalue weighted by atomic mass is 35.5. The van der Waals surface area contributed by atoms with Crippen molar-refractivity contribution in [3.05, 3.63) is 29.7 Å². The van der Waals surface area contributed by atoms with Crippen molar-refractivity contribution in [1.29, 1.82) is 0 Å². The summed E-state index contributed by atoms with van der Waals surface area (Å²) in [5, 5.41) is 8.24. The van der Waals surface area contributed by atoms with E-state index in [1.54, 1.807) is 0 Å². The minimum absolute atomic E-state index is 0.412. The van der Waals surface area contributed by atoms with Crippen LogP contribution in [0.2, 0.25) is 0 Å². The Kier molecular flexibility index (Phi) is 1.74. The van der Waals surface area contributed by atoms with Gasteiger partial charge in [-0.25, -0.2) is 0 Å². The Labute approximate surface area is 86.7 Å². The SMILES string of the molecule is ClCc1nnc2c(C3CC3)cccn12. The number of fused-ring (bicyclic) bond motifs is 1. The van der Waals surface area contributed by atoms with Crippen LogP contribution in [0.5, 0.6) is 0 Å². The summed E-state index contributed by atoms with van der Waals surface area (Å²) >= 11 is 5.77. The third kappa shape index (κ3) is 1.12. The van der Waals surface area contributed by atoms with Crippen LogP contribution >= 0.6 is 11.6 Å². The zero-order valence-corrected chi connectivity index (χ0v) is 8.41. The number of hydrogen-bond acceptors (Lipinski definition) is 2. The van der Waals surface area contributed by atoms with Crippen molar-refractivity contribution >= 4 is 17.2 Å². The van der Waals surface area contributed by atoms with Crippen LogP contribution in [-0.2, 0) is 5.88 Å². The molecule has 4 heteroatoms. The fourth-order valence-electron chi connectivity index (χ4n) is 1.79. The first-order valence-electron chi connectivity index (χ1n) is 4.78. The number of alkyl halides is 1. The molecule has 0 atom stereocenters. The lowest BCUT2D eigenvalue weighted by Gasteiger charge is -2.00. The van der Waals surface area contributed by atoms with Gasteiger partial charge in [-0.3, -0.25) is 4.40 Å². The van der Waals surface area contributed by atoms with Crippen LogP contribution in [0.3, 0.4) is 0 Å². The molecule has 0 spiro atoms. The lowest BCUT2D eigenvalue weighted by molar-refractivity contribution is 0.984. The summed E-state index contributed by atoms with van der Waals surface area (Å²) in [5.74, 6) is 1.94. The number of halogens is 1. The summed E-state index contributed by atoms with van der Waals surface area (Å²) in [4.78, 5) is 0. The molecular weight excluding hydrogens is 198 g/mol. The molecule has 0 radical (unpaired) electrons. The van der Waals surface area contributed by atoms with Gasteiger partial charge >= 0.3 is 0 Å². The molecular formula is C10H10ClN3. The standard InChI is InChI=1S/C10H10ClN3/c11-6-9-12-13-10-8(7-3-4-7)2-1-5-14(9)10/h1-2,5,7H,3-4,6H2. The minimum atomic E-state index is 0.412. The quantitative estimate of drug-likeness (QED) is 0.708. The second-order valence-corrected chi connectivity index (χ2v) is 3.95. The first kappa shape index (κ1) is 8.24. The molecule has 1 aliphatic rings. The van der Waals surface area contributed by atoms with E-state index in [9.17, 15) is 0 Å². The normalized spacial score (nSPS) is 16.4. The molecule has 2 aromatic heterocycles. The van der Waals surface area contributed by atoms with Gasteiger partial charge in [0.25, 0.3) is 0 Å². The highest BCUT2D eigenvalue weighted by Crippen LogP contribution is 2.41. The molecule has 1 saturated carbocycles. The van der Waals surface area contributed by atoms with Crippen molar-refractivity contribution in [3.63, 3.8) is 0 Å².